The first kappa shape index (κ1) is 14.6. The summed E-state index contributed by atoms with van der Waals surface area (Å²) in [5, 5.41) is 1.47. The zero-order valence-electron chi connectivity index (χ0n) is 9.80. The third-order valence-electron chi connectivity index (χ3n) is 2.56. The van der Waals surface area contributed by atoms with E-state index in [-0.39, 0.29) is 18.2 Å². The van der Waals surface area contributed by atoms with Gasteiger partial charge in [0.15, 0.2) is 11.6 Å². The number of rotatable bonds is 4. The van der Waals surface area contributed by atoms with Crippen LogP contribution in [0, 0.1) is 5.82 Å². The van der Waals surface area contributed by atoms with Crippen LogP contribution in [-0.4, -0.2) is 0 Å². The van der Waals surface area contributed by atoms with Crippen molar-refractivity contribution in [2.45, 2.75) is 11.9 Å². The molecule has 5 heteroatoms. The molecule has 0 atom stereocenters. The highest BCUT2D eigenvalue weighted by molar-refractivity contribution is 9.08. The van der Waals surface area contributed by atoms with Gasteiger partial charge >= 0.3 is 0 Å². The van der Waals surface area contributed by atoms with Crippen molar-refractivity contribution >= 4 is 39.1 Å². The number of alkyl halides is 1. The highest BCUT2D eigenvalue weighted by Crippen LogP contribution is 2.27. The minimum absolute atomic E-state index is 0.234. The summed E-state index contributed by atoms with van der Waals surface area (Å²) < 4.78 is 19.2. The molecule has 0 saturated carbocycles. The van der Waals surface area contributed by atoms with Crippen molar-refractivity contribution in [1.29, 1.82) is 0 Å². The zero-order valence-corrected chi connectivity index (χ0v) is 12.9. The van der Waals surface area contributed by atoms with E-state index in [9.17, 15) is 4.39 Å². The minimum Gasteiger partial charge on any atom is -0.486 e. The summed E-state index contributed by atoms with van der Waals surface area (Å²) in [6, 6.07) is 10.0. The molecule has 0 aliphatic carbocycles. The van der Waals surface area contributed by atoms with Crippen molar-refractivity contribution < 1.29 is 9.13 Å². The van der Waals surface area contributed by atoms with Gasteiger partial charge in [-0.05, 0) is 23.8 Å². The lowest BCUT2D eigenvalue weighted by Crippen LogP contribution is -2.00. The van der Waals surface area contributed by atoms with Crippen LogP contribution in [0.2, 0.25) is 10.0 Å². The second-order valence-electron chi connectivity index (χ2n) is 3.90. The zero-order chi connectivity index (χ0) is 13.8. The maximum atomic E-state index is 13.7. The van der Waals surface area contributed by atoms with E-state index in [1.807, 2.05) is 6.07 Å². The smallest absolute Gasteiger partial charge is 0.165 e. The summed E-state index contributed by atoms with van der Waals surface area (Å²) >= 11 is 15.1. The van der Waals surface area contributed by atoms with Crippen LogP contribution in [0.25, 0.3) is 0 Å². The van der Waals surface area contributed by atoms with Crippen LogP contribution in [0.1, 0.15) is 11.1 Å². The van der Waals surface area contributed by atoms with Crippen molar-refractivity contribution in [1.82, 2.24) is 0 Å². The topological polar surface area (TPSA) is 9.23 Å². The van der Waals surface area contributed by atoms with E-state index < -0.39 is 0 Å². The molecule has 2 rings (SSSR count). The number of ether oxygens (including phenoxy) is 1. The first-order valence-corrected chi connectivity index (χ1v) is 7.39. The minimum atomic E-state index is -0.378. The third kappa shape index (κ3) is 3.62. The highest BCUT2D eigenvalue weighted by Gasteiger charge is 2.09. The van der Waals surface area contributed by atoms with Crippen LogP contribution in [0.3, 0.4) is 0 Å². The predicted octanol–water partition coefficient (Wildman–Crippen LogP) is 5.61. The summed E-state index contributed by atoms with van der Waals surface area (Å²) in [7, 11) is 0. The average molecular weight is 364 g/mol. The number of para-hydroxylation sites is 1. The maximum Gasteiger partial charge on any atom is 0.165 e. The molecule has 1 nitrogen and oxygen atoms in total. The van der Waals surface area contributed by atoms with Gasteiger partial charge in [-0.3, -0.25) is 0 Å². The molecule has 2 aromatic rings. The van der Waals surface area contributed by atoms with Gasteiger partial charge in [0.25, 0.3) is 0 Å². The van der Waals surface area contributed by atoms with Crippen molar-refractivity contribution in [2.24, 2.45) is 0 Å². The average Bonchev–Trinajstić information content (AvgIpc) is 2.41. The van der Waals surface area contributed by atoms with Crippen LogP contribution in [0.15, 0.2) is 36.4 Å². The molecule has 0 spiro atoms. The molecule has 0 aromatic heterocycles. The van der Waals surface area contributed by atoms with Crippen molar-refractivity contribution in [3.8, 4) is 5.75 Å². The molecule has 0 N–H and O–H groups in total. The third-order valence-corrected chi connectivity index (χ3v) is 3.90. The molecule has 2 aromatic carbocycles. The van der Waals surface area contributed by atoms with Crippen molar-refractivity contribution in [3.63, 3.8) is 0 Å². The van der Waals surface area contributed by atoms with Crippen LogP contribution in [0.4, 0.5) is 4.39 Å². The molecule has 100 valence electrons. The molecule has 0 unspecified atom stereocenters. The van der Waals surface area contributed by atoms with E-state index in [0.29, 0.717) is 15.4 Å². The quantitative estimate of drug-likeness (QED) is 0.642. The largest absolute Gasteiger partial charge is 0.486 e. The van der Waals surface area contributed by atoms with Gasteiger partial charge in [0, 0.05) is 10.9 Å². The Morgan fingerprint density at radius 3 is 2.58 bits per heavy atom. The van der Waals surface area contributed by atoms with E-state index in [2.05, 4.69) is 15.9 Å². The van der Waals surface area contributed by atoms with E-state index in [0.717, 1.165) is 11.1 Å². The van der Waals surface area contributed by atoms with Crippen LogP contribution in [-0.2, 0) is 11.9 Å². The Hall–Kier alpha value is -0.770. The molecule has 0 saturated heterocycles. The van der Waals surface area contributed by atoms with Gasteiger partial charge in [-0.15, -0.1) is 0 Å². The molecule has 0 fully saturated rings. The number of halogens is 4. The first-order valence-electron chi connectivity index (χ1n) is 5.52. The molecular weight excluding hydrogens is 354 g/mol. The fraction of sp³-hybridized carbons (Fsp3) is 0.143. The number of hydrogen-bond acceptors (Lipinski definition) is 1. The highest BCUT2D eigenvalue weighted by atomic mass is 79.9. The van der Waals surface area contributed by atoms with Crippen molar-refractivity contribution in [2.75, 3.05) is 0 Å². The second-order valence-corrected chi connectivity index (χ2v) is 5.27. The van der Waals surface area contributed by atoms with Gasteiger partial charge in [-0.1, -0.05) is 57.3 Å². The van der Waals surface area contributed by atoms with E-state index in [1.165, 1.54) is 6.07 Å². The molecule has 0 aliphatic rings. The Bertz CT molecular complexity index is 590. The van der Waals surface area contributed by atoms with Gasteiger partial charge in [-0.2, -0.15) is 0 Å². The van der Waals surface area contributed by atoms with Gasteiger partial charge in [0.1, 0.15) is 6.61 Å². The van der Waals surface area contributed by atoms with Gasteiger partial charge in [0.2, 0.25) is 0 Å². The molecule has 19 heavy (non-hydrogen) atoms. The van der Waals surface area contributed by atoms with Gasteiger partial charge in [-0.25, -0.2) is 4.39 Å². The van der Waals surface area contributed by atoms with Gasteiger partial charge in [0.05, 0.1) is 10.0 Å². The fourth-order valence-electron chi connectivity index (χ4n) is 1.61. The Balaban J connectivity index is 2.16. The van der Waals surface area contributed by atoms with Crippen LogP contribution >= 0.6 is 39.1 Å². The van der Waals surface area contributed by atoms with Gasteiger partial charge < -0.3 is 4.74 Å². The molecule has 0 heterocycles. The fourth-order valence-corrected chi connectivity index (χ4v) is 2.37. The van der Waals surface area contributed by atoms with E-state index in [1.54, 1.807) is 24.3 Å². The number of hydrogen-bond donors (Lipinski definition) is 0. The Morgan fingerprint density at radius 2 is 1.89 bits per heavy atom. The monoisotopic (exact) mass is 362 g/mol. The lowest BCUT2D eigenvalue weighted by molar-refractivity contribution is 0.288. The normalized spacial score (nSPS) is 10.5. The predicted molar refractivity (Wildman–Crippen MR) is 79.8 cm³/mol. The summed E-state index contributed by atoms with van der Waals surface area (Å²) in [6.07, 6.45) is 0. The SMILES string of the molecule is Fc1cccc(CBr)c1OCc1ccc(Cl)c(Cl)c1. The van der Waals surface area contributed by atoms with E-state index >= 15 is 0 Å². The Morgan fingerprint density at radius 1 is 1.11 bits per heavy atom. The summed E-state index contributed by atoms with van der Waals surface area (Å²) in [5.74, 6) is -0.123. The van der Waals surface area contributed by atoms with Crippen LogP contribution < -0.4 is 4.74 Å². The Kier molecular flexibility index (Phi) is 5.08. The molecule has 0 amide bonds. The lowest BCUT2D eigenvalue weighted by atomic mass is 10.2. The first-order chi connectivity index (χ1) is 9.11. The van der Waals surface area contributed by atoms with E-state index in [4.69, 9.17) is 27.9 Å². The lowest BCUT2D eigenvalue weighted by Gasteiger charge is -2.11. The Labute approximate surface area is 129 Å². The second kappa shape index (κ2) is 6.60. The van der Waals surface area contributed by atoms with Crippen molar-refractivity contribution in [3.05, 3.63) is 63.4 Å². The molecule has 0 bridgehead atoms. The number of benzene rings is 2. The molecular formula is C14H10BrCl2FO. The standard InChI is InChI=1S/C14H10BrCl2FO/c15-7-10-2-1-3-13(18)14(10)19-8-9-4-5-11(16)12(17)6-9/h1-6H,7-8H2. The maximum absolute atomic E-state index is 13.7. The molecule has 0 aliphatic heterocycles. The summed E-state index contributed by atoms with van der Waals surface area (Å²) in [4.78, 5) is 0. The molecule has 0 radical (unpaired) electrons. The van der Waals surface area contributed by atoms with Crippen LogP contribution in [0.5, 0.6) is 5.75 Å². The summed E-state index contributed by atoms with van der Waals surface area (Å²) in [5.41, 5.74) is 1.60. The summed E-state index contributed by atoms with van der Waals surface area (Å²) in [6.45, 7) is 0.234.